The van der Waals surface area contributed by atoms with Crippen LogP contribution in [0.2, 0.25) is 5.02 Å². The van der Waals surface area contributed by atoms with Crippen molar-refractivity contribution in [2.75, 3.05) is 28.6 Å². The second-order valence-electron chi connectivity index (χ2n) is 8.10. The third-order valence-electron chi connectivity index (χ3n) is 5.62. The van der Waals surface area contributed by atoms with E-state index in [-0.39, 0.29) is 5.91 Å². The molecule has 0 bridgehead atoms. The lowest BCUT2D eigenvalue weighted by molar-refractivity contribution is -0.122. The molecule has 31 heavy (non-hydrogen) atoms. The maximum atomic E-state index is 12.8. The number of nitrogens with one attached hydrogen (secondary N) is 1. The van der Waals surface area contributed by atoms with Crippen LogP contribution in [0, 0.1) is 6.92 Å². The molecule has 1 aliphatic heterocycles. The first kappa shape index (κ1) is 23.4. The van der Waals surface area contributed by atoms with Gasteiger partial charge in [-0.2, -0.15) is 0 Å². The molecule has 0 aromatic heterocycles. The first-order valence-corrected chi connectivity index (χ1v) is 12.8. The van der Waals surface area contributed by atoms with Crippen molar-refractivity contribution in [2.45, 2.75) is 45.7 Å². The van der Waals surface area contributed by atoms with Crippen LogP contribution in [-0.4, -0.2) is 39.7 Å². The van der Waals surface area contributed by atoms with Crippen LogP contribution in [0.3, 0.4) is 0 Å². The third-order valence-corrected chi connectivity index (χ3v) is 7.08. The summed E-state index contributed by atoms with van der Waals surface area (Å²) in [5.74, 6) is -0.370. The molecule has 0 radical (unpaired) electrons. The lowest BCUT2D eigenvalue weighted by Gasteiger charge is -2.30. The second kappa shape index (κ2) is 9.92. The van der Waals surface area contributed by atoms with E-state index in [0.717, 1.165) is 34.8 Å². The fourth-order valence-corrected chi connectivity index (χ4v) is 5.31. The second-order valence-corrected chi connectivity index (χ2v) is 10.4. The van der Waals surface area contributed by atoms with Crippen LogP contribution >= 0.6 is 11.6 Å². The monoisotopic (exact) mass is 463 g/mol. The minimum absolute atomic E-state index is 0.329. The number of amides is 1. The highest BCUT2D eigenvalue weighted by molar-refractivity contribution is 7.92. The lowest BCUT2D eigenvalue weighted by atomic mass is 10.1. The van der Waals surface area contributed by atoms with Crippen LogP contribution in [0.4, 0.5) is 11.4 Å². The Morgan fingerprint density at radius 2 is 1.77 bits per heavy atom. The molecule has 2 aromatic rings. The molecule has 0 saturated carbocycles. The van der Waals surface area contributed by atoms with Gasteiger partial charge in [0.05, 0.1) is 11.9 Å². The highest BCUT2D eigenvalue weighted by atomic mass is 35.5. The van der Waals surface area contributed by atoms with E-state index in [9.17, 15) is 13.2 Å². The topological polar surface area (TPSA) is 69.7 Å². The van der Waals surface area contributed by atoms with Crippen molar-refractivity contribution >= 4 is 38.9 Å². The molecule has 168 valence electrons. The Hall–Kier alpha value is -2.25. The molecule has 1 aliphatic rings. The summed E-state index contributed by atoms with van der Waals surface area (Å²) in [6.07, 6.45) is 4.83. The van der Waals surface area contributed by atoms with Crippen LogP contribution in [0.25, 0.3) is 0 Å². The zero-order chi connectivity index (χ0) is 22.6. The summed E-state index contributed by atoms with van der Waals surface area (Å²) in [7, 11) is -3.69. The summed E-state index contributed by atoms with van der Waals surface area (Å²) >= 11 is 6.08. The number of carbonyl (C=O) groups excluding carboxylic acids is 1. The van der Waals surface area contributed by atoms with Crippen LogP contribution in [-0.2, 0) is 21.4 Å². The summed E-state index contributed by atoms with van der Waals surface area (Å²) < 4.78 is 26.1. The van der Waals surface area contributed by atoms with E-state index >= 15 is 0 Å². The van der Waals surface area contributed by atoms with E-state index in [1.54, 1.807) is 32.0 Å². The minimum Gasteiger partial charge on any atom is -0.372 e. The van der Waals surface area contributed by atoms with Gasteiger partial charge in [0.25, 0.3) is 0 Å². The highest BCUT2D eigenvalue weighted by Crippen LogP contribution is 2.28. The standard InChI is InChI=1S/C23H30ClN3O3S/c1-17-7-10-20(24)15-22(17)27(31(3,29)30)18(2)23(28)25-16-19-8-11-21(12-9-19)26-13-5-4-6-14-26/h7-12,15,18H,4-6,13-14,16H2,1-3H3,(H,25,28)/t18-/m0/s1. The molecule has 2 aromatic carbocycles. The first-order chi connectivity index (χ1) is 14.7. The molecule has 1 N–H and O–H groups in total. The zero-order valence-electron chi connectivity index (χ0n) is 18.3. The largest absolute Gasteiger partial charge is 0.372 e. The molecule has 0 aliphatic carbocycles. The zero-order valence-corrected chi connectivity index (χ0v) is 19.8. The Bertz CT molecular complexity index is 1020. The smallest absolute Gasteiger partial charge is 0.243 e. The maximum absolute atomic E-state index is 12.8. The lowest BCUT2D eigenvalue weighted by Crippen LogP contribution is -2.48. The van der Waals surface area contributed by atoms with Gasteiger partial charge in [-0.25, -0.2) is 8.42 Å². The number of nitrogens with zero attached hydrogens (tertiary/aromatic N) is 2. The molecule has 8 heteroatoms. The maximum Gasteiger partial charge on any atom is 0.243 e. The van der Waals surface area contributed by atoms with E-state index in [1.807, 2.05) is 12.1 Å². The first-order valence-electron chi connectivity index (χ1n) is 10.5. The van der Waals surface area contributed by atoms with Crippen molar-refractivity contribution < 1.29 is 13.2 Å². The molecular weight excluding hydrogens is 434 g/mol. The van der Waals surface area contributed by atoms with E-state index in [0.29, 0.717) is 17.3 Å². The summed E-state index contributed by atoms with van der Waals surface area (Å²) in [6, 6.07) is 12.3. The average molecular weight is 464 g/mol. The number of anilines is 2. The third kappa shape index (κ3) is 5.92. The molecule has 1 fully saturated rings. The summed E-state index contributed by atoms with van der Waals surface area (Å²) in [4.78, 5) is 15.2. The van der Waals surface area contributed by atoms with Gasteiger partial charge in [0, 0.05) is 30.3 Å². The van der Waals surface area contributed by atoms with Gasteiger partial charge in [-0.1, -0.05) is 29.8 Å². The summed E-state index contributed by atoms with van der Waals surface area (Å²) in [5, 5.41) is 3.28. The Morgan fingerprint density at radius 1 is 1.13 bits per heavy atom. The van der Waals surface area contributed by atoms with Gasteiger partial charge >= 0.3 is 0 Å². The fourth-order valence-electron chi connectivity index (χ4n) is 3.91. The van der Waals surface area contributed by atoms with Crippen LogP contribution in [0.1, 0.15) is 37.3 Å². The molecular formula is C23H30ClN3O3S. The van der Waals surface area contributed by atoms with Crippen molar-refractivity contribution in [3.05, 3.63) is 58.6 Å². The fraction of sp³-hybridized carbons (Fsp3) is 0.435. The molecule has 1 heterocycles. The van der Waals surface area contributed by atoms with E-state index in [1.165, 1.54) is 24.9 Å². The number of piperidine rings is 1. The summed E-state index contributed by atoms with van der Waals surface area (Å²) in [6.45, 7) is 5.86. The van der Waals surface area contributed by atoms with Crippen LogP contribution in [0.5, 0.6) is 0 Å². The van der Waals surface area contributed by atoms with E-state index < -0.39 is 16.1 Å². The summed E-state index contributed by atoms with van der Waals surface area (Å²) in [5.41, 5.74) is 3.29. The number of aryl methyl sites for hydroxylation is 1. The van der Waals surface area contributed by atoms with Gasteiger partial charge in [-0.3, -0.25) is 9.10 Å². The molecule has 0 unspecified atom stereocenters. The normalized spacial score (nSPS) is 15.4. The van der Waals surface area contributed by atoms with Gasteiger partial charge in [0.1, 0.15) is 6.04 Å². The molecule has 3 rings (SSSR count). The average Bonchev–Trinajstić information content (AvgIpc) is 2.74. The van der Waals surface area contributed by atoms with Crippen molar-refractivity contribution in [2.24, 2.45) is 0 Å². The van der Waals surface area contributed by atoms with Crippen molar-refractivity contribution in [3.63, 3.8) is 0 Å². The Kier molecular flexibility index (Phi) is 7.49. The molecule has 1 saturated heterocycles. The SMILES string of the molecule is Cc1ccc(Cl)cc1N([C@@H](C)C(=O)NCc1ccc(N2CCCCC2)cc1)S(C)(=O)=O. The molecule has 1 atom stereocenters. The number of benzene rings is 2. The van der Waals surface area contributed by atoms with Crippen molar-refractivity contribution in [1.29, 1.82) is 0 Å². The van der Waals surface area contributed by atoms with Gasteiger partial charge in [-0.05, 0) is 68.5 Å². The number of hydrogen-bond acceptors (Lipinski definition) is 4. The number of halogens is 1. The number of carbonyl (C=O) groups is 1. The number of hydrogen-bond donors (Lipinski definition) is 1. The van der Waals surface area contributed by atoms with Gasteiger partial charge < -0.3 is 10.2 Å². The van der Waals surface area contributed by atoms with Crippen LogP contribution in [0.15, 0.2) is 42.5 Å². The quantitative estimate of drug-likeness (QED) is 0.670. The Balaban J connectivity index is 1.69. The molecule has 6 nitrogen and oxygen atoms in total. The van der Waals surface area contributed by atoms with Gasteiger partial charge in [0.2, 0.25) is 15.9 Å². The number of sulfonamides is 1. The molecule has 0 spiro atoms. The predicted molar refractivity (Wildman–Crippen MR) is 127 cm³/mol. The van der Waals surface area contributed by atoms with Crippen molar-refractivity contribution in [3.8, 4) is 0 Å². The molecule has 1 amide bonds. The van der Waals surface area contributed by atoms with E-state index in [2.05, 4.69) is 22.3 Å². The number of rotatable bonds is 7. The van der Waals surface area contributed by atoms with Crippen LogP contribution < -0.4 is 14.5 Å². The van der Waals surface area contributed by atoms with E-state index in [4.69, 9.17) is 11.6 Å². The highest BCUT2D eigenvalue weighted by Gasteiger charge is 2.30. The minimum atomic E-state index is -3.69. The Morgan fingerprint density at radius 3 is 2.39 bits per heavy atom. The van der Waals surface area contributed by atoms with Gasteiger partial charge in [0.15, 0.2) is 0 Å². The van der Waals surface area contributed by atoms with Crippen molar-refractivity contribution in [1.82, 2.24) is 5.32 Å². The predicted octanol–water partition coefficient (Wildman–Crippen LogP) is 4.11. The van der Waals surface area contributed by atoms with Gasteiger partial charge in [-0.15, -0.1) is 0 Å². The Labute approximate surface area is 190 Å².